The maximum Gasteiger partial charge on any atom is 0.194 e. The number of thioether (sulfide) groups is 1. The van der Waals surface area contributed by atoms with Crippen molar-refractivity contribution in [2.75, 3.05) is 0 Å². The number of carbonyl (C=O) groups is 1. The third-order valence-corrected chi connectivity index (χ3v) is 3.02. The molecular weight excluding hydrogens is 156 g/mol. The van der Waals surface area contributed by atoms with Gasteiger partial charge >= 0.3 is 0 Å². The Morgan fingerprint density at radius 3 is 2.18 bits per heavy atom. The van der Waals surface area contributed by atoms with Gasteiger partial charge in [-0.2, -0.15) is 0 Å². The van der Waals surface area contributed by atoms with Crippen LogP contribution in [0.4, 0.5) is 0 Å². The van der Waals surface area contributed by atoms with Crippen LogP contribution in [-0.4, -0.2) is 10.4 Å². The molecule has 2 heteroatoms. The van der Waals surface area contributed by atoms with Crippen molar-refractivity contribution in [2.45, 2.75) is 46.3 Å². The van der Waals surface area contributed by atoms with Crippen molar-refractivity contribution < 1.29 is 4.79 Å². The summed E-state index contributed by atoms with van der Waals surface area (Å²) in [5.74, 6) is 0. The van der Waals surface area contributed by atoms with Crippen LogP contribution in [0, 0.1) is 5.41 Å². The highest BCUT2D eigenvalue weighted by Gasteiger charge is 2.25. The van der Waals surface area contributed by atoms with Crippen LogP contribution in [0.2, 0.25) is 0 Å². The molecule has 0 aromatic heterocycles. The van der Waals surface area contributed by atoms with Crippen molar-refractivity contribution in [1.29, 1.82) is 0 Å². The van der Waals surface area contributed by atoms with E-state index in [-0.39, 0.29) is 5.41 Å². The van der Waals surface area contributed by atoms with E-state index in [1.54, 1.807) is 0 Å². The summed E-state index contributed by atoms with van der Waals surface area (Å²) >= 11 is 1.45. The Morgan fingerprint density at radius 1 is 1.45 bits per heavy atom. The highest BCUT2D eigenvalue weighted by Crippen LogP contribution is 2.29. The quantitative estimate of drug-likeness (QED) is 0.654. The molecule has 1 nitrogen and oxygen atoms in total. The molecule has 0 saturated carbocycles. The topological polar surface area (TPSA) is 17.1 Å². The lowest BCUT2D eigenvalue weighted by Crippen LogP contribution is -2.21. The highest BCUT2D eigenvalue weighted by atomic mass is 32.2. The second-order valence-electron chi connectivity index (χ2n) is 3.69. The van der Waals surface area contributed by atoms with Crippen LogP contribution < -0.4 is 0 Å². The molecular formula is C9H18OS. The average molecular weight is 174 g/mol. The molecule has 0 bridgehead atoms. The smallest absolute Gasteiger partial charge is 0.194 e. The van der Waals surface area contributed by atoms with Gasteiger partial charge in [0.2, 0.25) is 0 Å². The number of hydrogen-bond donors (Lipinski definition) is 0. The van der Waals surface area contributed by atoms with Crippen molar-refractivity contribution >= 4 is 16.9 Å². The van der Waals surface area contributed by atoms with Gasteiger partial charge in [0.1, 0.15) is 0 Å². The molecule has 0 saturated heterocycles. The Bertz CT molecular complexity index is 138. The minimum Gasteiger partial charge on any atom is -0.287 e. The molecule has 66 valence electrons. The van der Waals surface area contributed by atoms with Gasteiger partial charge in [-0.3, -0.25) is 4.79 Å². The van der Waals surface area contributed by atoms with Crippen LogP contribution in [0.15, 0.2) is 0 Å². The molecule has 0 heterocycles. The van der Waals surface area contributed by atoms with E-state index < -0.39 is 0 Å². The third-order valence-electron chi connectivity index (χ3n) is 1.78. The van der Waals surface area contributed by atoms with E-state index in [4.69, 9.17) is 0 Å². The van der Waals surface area contributed by atoms with Crippen LogP contribution in [-0.2, 0) is 4.79 Å². The van der Waals surface area contributed by atoms with Crippen molar-refractivity contribution in [1.82, 2.24) is 0 Å². The van der Waals surface area contributed by atoms with Gasteiger partial charge in [-0.25, -0.2) is 0 Å². The van der Waals surface area contributed by atoms with E-state index >= 15 is 0 Å². The molecule has 0 aliphatic rings. The van der Waals surface area contributed by atoms with E-state index in [1.165, 1.54) is 11.8 Å². The first-order valence-electron chi connectivity index (χ1n) is 4.11. The van der Waals surface area contributed by atoms with Crippen molar-refractivity contribution in [2.24, 2.45) is 5.41 Å². The Kier molecular flexibility index (Phi) is 4.16. The highest BCUT2D eigenvalue weighted by molar-refractivity contribution is 8.14. The Morgan fingerprint density at radius 2 is 1.91 bits per heavy atom. The van der Waals surface area contributed by atoms with Crippen molar-refractivity contribution in [3.05, 3.63) is 0 Å². The molecule has 0 aromatic carbocycles. The molecule has 0 aromatic rings. The molecule has 0 spiro atoms. The standard InChI is InChI=1S/C9H18OS/c1-6-9(4,5)8(10)11-7(2)3/h7H,6H2,1-5H3. The first kappa shape index (κ1) is 11.0. The van der Waals surface area contributed by atoms with Gasteiger partial charge < -0.3 is 0 Å². The lowest BCUT2D eigenvalue weighted by atomic mass is 9.92. The summed E-state index contributed by atoms with van der Waals surface area (Å²) in [5, 5.41) is 0.725. The van der Waals surface area contributed by atoms with Crippen LogP contribution >= 0.6 is 11.8 Å². The summed E-state index contributed by atoms with van der Waals surface area (Å²) in [6.45, 7) is 10.2. The fourth-order valence-electron chi connectivity index (χ4n) is 0.518. The van der Waals surface area contributed by atoms with Gasteiger partial charge in [-0.1, -0.05) is 46.4 Å². The lowest BCUT2D eigenvalue weighted by molar-refractivity contribution is -0.118. The minimum absolute atomic E-state index is 0.144. The molecule has 11 heavy (non-hydrogen) atoms. The zero-order chi connectivity index (χ0) is 9.07. The Hall–Kier alpha value is 0.0200. The summed E-state index contributed by atoms with van der Waals surface area (Å²) in [6, 6.07) is 0. The van der Waals surface area contributed by atoms with Gasteiger partial charge in [0.15, 0.2) is 5.12 Å². The Labute approximate surface area is 73.9 Å². The maximum absolute atomic E-state index is 11.5. The molecule has 0 fully saturated rings. The molecule has 0 atom stereocenters. The number of hydrogen-bond acceptors (Lipinski definition) is 2. The average Bonchev–Trinajstić information content (AvgIpc) is 1.86. The van der Waals surface area contributed by atoms with E-state index in [9.17, 15) is 4.79 Å². The number of rotatable bonds is 3. The lowest BCUT2D eigenvalue weighted by Gasteiger charge is -2.20. The van der Waals surface area contributed by atoms with Crippen LogP contribution in [0.1, 0.15) is 41.0 Å². The molecule has 0 unspecified atom stereocenters. The number of carbonyl (C=O) groups excluding carboxylic acids is 1. The molecule has 0 aliphatic carbocycles. The van der Waals surface area contributed by atoms with Gasteiger partial charge in [-0.15, -0.1) is 0 Å². The SMILES string of the molecule is CCC(C)(C)C(=O)SC(C)C. The fraction of sp³-hybridized carbons (Fsp3) is 0.889. The summed E-state index contributed by atoms with van der Waals surface area (Å²) < 4.78 is 0. The molecule has 0 radical (unpaired) electrons. The van der Waals surface area contributed by atoms with E-state index in [2.05, 4.69) is 6.92 Å². The first-order chi connectivity index (χ1) is 4.90. The zero-order valence-corrected chi connectivity index (χ0v) is 8.92. The molecule has 0 rings (SSSR count). The molecule has 0 amide bonds. The Balaban J connectivity index is 4.02. The molecule has 0 aliphatic heterocycles. The van der Waals surface area contributed by atoms with Crippen molar-refractivity contribution in [3.8, 4) is 0 Å². The van der Waals surface area contributed by atoms with Gasteiger partial charge in [0.05, 0.1) is 0 Å². The summed E-state index contributed by atoms with van der Waals surface area (Å²) in [4.78, 5) is 11.5. The van der Waals surface area contributed by atoms with Gasteiger partial charge in [0.25, 0.3) is 0 Å². The molecule has 0 N–H and O–H groups in total. The predicted octanol–water partition coefficient (Wildman–Crippen LogP) is 3.09. The van der Waals surface area contributed by atoms with Crippen molar-refractivity contribution in [3.63, 3.8) is 0 Å². The van der Waals surface area contributed by atoms with E-state index in [0.29, 0.717) is 10.4 Å². The monoisotopic (exact) mass is 174 g/mol. The largest absolute Gasteiger partial charge is 0.287 e. The van der Waals surface area contributed by atoms with E-state index in [0.717, 1.165) is 6.42 Å². The normalized spacial score (nSPS) is 12.2. The zero-order valence-electron chi connectivity index (χ0n) is 8.10. The summed E-state index contributed by atoms with van der Waals surface area (Å²) in [7, 11) is 0. The maximum atomic E-state index is 11.5. The summed E-state index contributed by atoms with van der Waals surface area (Å²) in [6.07, 6.45) is 0.922. The second kappa shape index (κ2) is 4.15. The predicted molar refractivity (Wildman–Crippen MR) is 51.8 cm³/mol. The summed E-state index contributed by atoms with van der Waals surface area (Å²) in [5.41, 5.74) is -0.144. The van der Waals surface area contributed by atoms with Crippen LogP contribution in [0.3, 0.4) is 0 Å². The second-order valence-corrected chi connectivity index (χ2v) is 5.24. The van der Waals surface area contributed by atoms with Crippen LogP contribution in [0.25, 0.3) is 0 Å². The van der Waals surface area contributed by atoms with Gasteiger partial charge in [-0.05, 0) is 6.42 Å². The van der Waals surface area contributed by atoms with E-state index in [1.807, 2.05) is 27.7 Å². The first-order valence-corrected chi connectivity index (χ1v) is 4.99. The minimum atomic E-state index is -0.144. The van der Waals surface area contributed by atoms with Gasteiger partial charge in [0, 0.05) is 10.7 Å². The fourth-order valence-corrected chi connectivity index (χ4v) is 1.41. The van der Waals surface area contributed by atoms with Crippen LogP contribution in [0.5, 0.6) is 0 Å². The third kappa shape index (κ3) is 3.80.